The predicted octanol–water partition coefficient (Wildman–Crippen LogP) is 2.65. The minimum absolute atomic E-state index is 0.661. The fourth-order valence-corrected chi connectivity index (χ4v) is 1.80. The van der Waals surface area contributed by atoms with Gasteiger partial charge in [-0.3, -0.25) is 10.1 Å². The lowest BCUT2D eigenvalue weighted by Gasteiger charge is -2.03. The molecule has 0 saturated carbocycles. The lowest BCUT2D eigenvalue weighted by Crippen LogP contribution is -1.92. The average Bonchev–Trinajstić information content (AvgIpc) is 2.56. The molecule has 2 N–H and O–H groups in total. The Morgan fingerprint density at radius 3 is 3.07 bits per heavy atom. The minimum Gasteiger partial charge on any atom is -0.329 e. The largest absolute Gasteiger partial charge is 0.329 e. The van der Waals surface area contributed by atoms with Gasteiger partial charge in [-0.2, -0.15) is 0 Å². The van der Waals surface area contributed by atoms with E-state index in [4.69, 9.17) is 12.2 Å². The van der Waals surface area contributed by atoms with E-state index >= 15 is 0 Å². The van der Waals surface area contributed by atoms with Crippen LogP contribution in [0.25, 0.3) is 0 Å². The lowest BCUT2D eigenvalue weighted by molar-refractivity contribution is 1.08. The third-order valence-electron chi connectivity index (χ3n) is 1.72. The van der Waals surface area contributed by atoms with Crippen LogP contribution in [0.5, 0.6) is 0 Å². The second-order valence-electron chi connectivity index (χ2n) is 2.73. The smallest absolute Gasteiger partial charge is 0.208 e. The number of anilines is 2. The van der Waals surface area contributed by atoms with Crippen molar-refractivity contribution in [3.05, 3.63) is 28.0 Å². The Bertz CT molecular complexity index is 488. The highest BCUT2D eigenvalue weighted by Gasteiger charge is 2.00. The van der Waals surface area contributed by atoms with Crippen molar-refractivity contribution >= 4 is 34.4 Å². The lowest BCUT2D eigenvalue weighted by atomic mass is 10.2. The van der Waals surface area contributed by atoms with Crippen molar-refractivity contribution < 1.29 is 0 Å². The highest BCUT2D eigenvalue weighted by molar-refractivity contribution is 7.73. The number of nitrogens with zero attached hydrogens (tertiary/aromatic N) is 2. The quantitative estimate of drug-likeness (QED) is 0.770. The Morgan fingerprint density at radius 2 is 2.43 bits per heavy atom. The molecule has 2 aromatic rings. The summed E-state index contributed by atoms with van der Waals surface area (Å²) in [5, 5.41) is 10.6. The van der Waals surface area contributed by atoms with Crippen LogP contribution < -0.4 is 5.32 Å². The molecule has 0 unspecified atom stereocenters. The predicted molar refractivity (Wildman–Crippen MR) is 59.6 cm³/mol. The van der Waals surface area contributed by atoms with E-state index in [0.29, 0.717) is 3.95 Å². The Balaban J connectivity index is 2.27. The van der Waals surface area contributed by atoms with Crippen LogP contribution in [0.1, 0.15) is 5.56 Å². The van der Waals surface area contributed by atoms with E-state index < -0.39 is 0 Å². The van der Waals surface area contributed by atoms with Crippen molar-refractivity contribution in [2.24, 2.45) is 0 Å². The van der Waals surface area contributed by atoms with Gasteiger partial charge in [0.1, 0.15) is 0 Å². The topological polar surface area (TPSA) is 53.6 Å². The second kappa shape index (κ2) is 3.85. The average molecular weight is 224 g/mol. The third-order valence-corrected chi connectivity index (χ3v) is 2.72. The maximum absolute atomic E-state index is 4.93. The third kappa shape index (κ3) is 1.97. The number of hydrogen-bond acceptors (Lipinski definition) is 5. The Hall–Kier alpha value is -1.27. The van der Waals surface area contributed by atoms with E-state index in [0.717, 1.165) is 16.4 Å². The molecule has 2 heterocycles. The molecule has 14 heavy (non-hydrogen) atoms. The van der Waals surface area contributed by atoms with E-state index in [1.54, 1.807) is 12.4 Å². The molecule has 0 aliphatic rings. The highest BCUT2D eigenvalue weighted by Crippen LogP contribution is 2.20. The maximum atomic E-state index is 4.93. The summed E-state index contributed by atoms with van der Waals surface area (Å²) in [6, 6.07) is 1.94. The molecule has 0 spiro atoms. The summed E-state index contributed by atoms with van der Waals surface area (Å²) in [6.07, 6.45) is 3.52. The van der Waals surface area contributed by atoms with E-state index in [2.05, 4.69) is 20.5 Å². The number of aromatic amines is 1. The first-order valence-corrected chi connectivity index (χ1v) is 5.21. The zero-order chi connectivity index (χ0) is 9.97. The van der Waals surface area contributed by atoms with Gasteiger partial charge in [0, 0.05) is 6.20 Å². The molecule has 0 amide bonds. The first kappa shape index (κ1) is 9.29. The number of H-pyrrole nitrogens is 1. The number of pyridine rings is 1. The number of rotatable bonds is 2. The van der Waals surface area contributed by atoms with Gasteiger partial charge in [0.15, 0.2) is 3.95 Å². The van der Waals surface area contributed by atoms with Crippen LogP contribution >= 0.6 is 23.6 Å². The summed E-state index contributed by atoms with van der Waals surface area (Å²) < 4.78 is 0.661. The summed E-state index contributed by atoms with van der Waals surface area (Å²) >= 11 is 6.33. The van der Waals surface area contributed by atoms with Crippen LogP contribution in [0.3, 0.4) is 0 Å². The fraction of sp³-hybridized carbons (Fsp3) is 0.125. The van der Waals surface area contributed by atoms with Gasteiger partial charge in [0.05, 0.1) is 11.9 Å². The molecule has 0 aliphatic carbocycles. The normalized spacial score (nSPS) is 10.1. The molecule has 0 fully saturated rings. The van der Waals surface area contributed by atoms with Gasteiger partial charge >= 0.3 is 0 Å². The summed E-state index contributed by atoms with van der Waals surface area (Å²) in [5.74, 6) is 0. The monoisotopic (exact) mass is 224 g/mol. The molecule has 2 rings (SSSR count). The summed E-state index contributed by atoms with van der Waals surface area (Å²) in [6.45, 7) is 2.01. The Labute approximate surface area is 90.0 Å². The molecule has 0 saturated heterocycles. The number of aryl methyl sites for hydroxylation is 1. The van der Waals surface area contributed by atoms with Gasteiger partial charge in [-0.1, -0.05) is 11.3 Å². The van der Waals surface area contributed by atoms with Gasteiger partial charge in [-0.25, -0.2) is 0 Å². The van der Waals surface area contributed by atoms with Gasteiger partial charge in [-0.15, -0.1) is 5.10 Å². The number of hydrogen-bond donors (Lipinski definition) is 2. The summed E-state index contributed by atoms with van der Waals surface area (Å²) in [5.41, 5.74) is 2.08. The van der Waals surface area contributed by atoms with Crippen molar-refractivity contribution in [1.29, 1.82) is 0 Å². The highest BCUT2D eigenvalue weighted by atomic mass is 32.1. The first-order valence-electron chi connectivity index (χ1n) is 3.99. The van der Waals surface area contributed by atoms with Crippen LogP contribution in [0, 0.1) is 10.9 Å². The van der Waals surface area contributed by atoms with Crippen molar-refractivity contribution in [3.8, 4) is 0 Å². The second-order valence-corrected chi connectivity index (χ2v) is 4.40. The zero-order valence-electron chi connectivity index (χ0n) is 7.44. The molecule has 72 valence electrons. The van der Waals surface area contributed by atoms with Crippen LogP contribution in [0.2, 0.25) is 0 Å². The van der Waals surface area contributed by atoms with E-state index in [-0.39, 0.29) is 0 Å². The van der Waals surface area contributed by atoms with Crippen molar-refractivity contribution in [1.82, 2.24) is 15.2 Å². The van der Waals surface area contributed by atoms with Crippen molar-refractivity contribution in [2.45, 2.75) is 6.92 Å². The number of nitrogens with one attached hydrogen (secondary N) is 2. The molecule has 6 heteroatoms. The molecular formula is C8H8N4S2. The molecule has 0 aromatic carbocycles. The van der Waals surface area contributed by atoms with Gasteiger partial charge in [-0.05, 0) is 30.8 Å². The summed E-state index contributed by atoms with van der Waals surface area (Å²) in [7, 11) is 0. The van der Waals surface area contributed by atoms with E-state index in [1.807, 2.05) is 13.0 Å². The fourth-order valence-electron chi connectivity index (χ4n) is 0.993. The molecule has 0 atom stereocenters. The van der Waals surface area contributed by atoms with Gasteiger partial charge in [0.25, 0.3) is 0 Å². The Morgan fingerprint density at radius 1 is 1.57 bits per heavy atom. The molecule has 0 radical (unpaired) electrons. The van der Waals surface area contributed by atoms with Crippen LogP contribution in [-0.2, 0) is 0 Å². The molecular weight excluding hydrogens is 216 g/mol. The minimum atomic E-state index is 0.661. The van der Waals surface area contributed by atoms with Crippen molar-refractivity contribution in [3.63, 3.8) is 0 Å². The van der Waals surface area contributed by atoms with Gasteiger partial charge in [0.2, 0.25) is 5.13 Å². The number of aromatic nitrogens is 3. The van der Waals surface area contributed by atoms with E-state index in [9.17, 15) is 0 Å². The van der Waals surface area contributed by atoms with Crippen LogP contribution in [0.4, 0.5) is 10.8 Å². The van der Waals surface area contributed by atoms with Crippen molar-refractivity contribution in [2.75, 3.05) is 5.32 Å². The SMILES string of the molecule is Cc1ccncc1Nc1n[nH]c(=S)s1. The molecule has 4 nitrogen and oxygen atoms in total. The van der Waals surface area contributed by atoms with Crippen LogP contribution in [0.15, 0.2) is 18.5 Å². The van der Waals surface area contributed by atoms with Gasteiger partial charge < -0.3 is 5.32 Å². The molecule has 0 aliphatic heterocycles. The molecule has 0 bridgehead atoms. The Kier molecular flexibility index (Phi) is 2.55. The maximum Gasteiger partial charge on any atom is 0.208 e. The standard InChI is InChI=1S/C8H8N4S2/c1-5-2-3-9-4-6(5)10-7-11-12-8(13)14-7/h2-4H,1H3,(H,10,11)(H,12,13). The summed E-state index contributed by atoms with van der Waals surface area (Å²) in [4.78, 5) is 4.03. The first-order chi connectivity index (χ1) is 6.75. The molecule has 2 aromatic heterocycles. The zero-order valence-corrected chi connectivity index (χ0v) is 9.08. The van der Waals surface area contributed by atoms with Crippen LogP contribution in [-0.4, -0.2) is 15.2 Å². The van der Waals surface area contributed by atoms with E-state index in [1.165, 1.54) is 11.3 Å².